The van der Waals surface area contributed by atoms with Gasteiger partial charge in [0.1, 0.15) is 0 Å². The van der Waals surface area contributed by atoms with Crippen molar-refractivity contribution in [3.63, 3.8) is 0 Å². The molecule has 0 radical (unpaired) electrons. The summed E-state index contributed by atoms with van der Waals surface area (Å²) in [5, 5.41) is 0. The number of hydrogen-bond donors (Lipinski definition) is 1. The molecule has 0 atom stereocenters. The van der Waals surface area contributed by atoms with E-state index < -0.39 is 0 Å². The van der Waals surface area contributed by atoms with Crippen LogP contribution in [0, 0.1) is 0 Å². The zero-order valence-corrected chi connectivity index (χ0v) is 8.29. The lowest BCUT2D eigenvalue weighted by Gasteiger charge is -2.35. The predicted octanol–water partition coefficient (Wildman–Crippen LogP) is 0.319. The van der Waals surface area contributed by atoms with E-state index >= 15 is 0 Å². The first-order valence-corrected chi connectivity index (χ1v) is 4.90. The number of nitrogens with two attached hydrogens (primary N) is 1. The Kier molecular flexibility index (Phi) is 3.98. The van der Waals surface area contributed by atoms with Crippen molar-refractivity contribution >= 4 is 0 Å². The first-order valence-electron chi connectivity index (χ1n) is 4.90. The van der Waals surface area contributed by atoms with Crippen molar-refractivity contribution < 1.29 is 0 Å². The number of nitrogens with zero attached hydrogens (tertiary/aromatic N) is 2. The molecule has 0 aromatic carbocycles. The van der Waals surface area contributed by atoms with Crippen molar-refractivity contribution in [2.75, 3.05) is 33.4 Å². The molecular formula is C9H21N3. The van der Waals surface area contributed by atoms with Gasteiger partial charge < -0.3 is 10.6 Å². The van der Waals surface area contributed by atoms with Gasteiger partial charge in [-0.2, -0.15) is 0 Å². The van der Waals surface area contributed by atoms with Crippen LogP contribution in [-0.2, 0) is 0 Å². The Hall–Kier alpha value is -0.120. The van der Waals surface area contributed by atoms with Gasteiger partial charge in [0.05, 0.1) is 0 Å². The summed E-state index contributed by atoms with van der Waals surface area (Å²) < 4.78 is 0. The molecule has 0 bridgehead atoms. The number of likely N-dealkylation sites (tertiary alicyclic amines) is 1. The van der Waals surface area contributed by atoms with Gasteiger partial charge in [0, 0.05) is 25.8 Å². The number of hydrogen-bond acceptors (Lipinski definition) is 3. The summed E-state index contributed by atoms with van der Waals surface area (Å²) in [5.74, 6) is 0. The van der Waals surface area contributed by atoms with Gasteiger partial charge in [0.25, 0.3) is 0 Å². The third kappa shape index (κ3) is 2.44. The van der Waals surface area contributed by atoms with Crippen LogP contribution in [0.3, 0.4) is 0 Å². The smallest absolute Gasteiger partial charge is 0.0455 e. The summed E-state index contributed by atoms with van der Waals surface area (Å²) in [6.45, 7) is 6.45. The molecule has 0 aromatic rings. The molecule has 1 rings (SSSR count). The Morgan fingerprint density at radius 2 is 2.00 bits per heavy atom. The van der Waals surface area contributed by atoms with E-state index in [-0.39, 0.29) is 0 Å². The van der Waals surface area contributed by atoms with E-state index in [4.69, 9.17) is 5.73 Å². The summed E-state index contributed by atoms with van der Waals surface area (Å²) in [6, 6.07) is 0.790. The van der Waals surface area contributed by atoms with Crippen LogP contribution in [0.1, 0.15) is 19.8 Å². The molecule has 12 heavy (non-hydrogen) atoms. The molecule has 0 spiro atoms. The van der Waals surface area contributed by atoms with Crippen molar-refractivity contribution in [1.82, 2.24) is 9.80 Å². The Bertz CT molecular complexity index is 119. The monoisotopic (exact) mass is 171 g/mol. The second-order valence-corrected chi connectivity index (χ2v) is 3.61. The minimum absolute atomic E-state index is 0.725. The molecule has 72 valence electrons. The lowest BCUT2D eigenvalue weighted by Crippen LogP contribution is -2.44. The molecule has 1 saturated heterocycles. The second kappa shape index (κ2) is 4.80. The van der Waals surface area contributed by atoms with Crippen LogP contribution in [0.15, 0.2) is 0 Å². The summed E-state index contributed by atoms with van der Waals surface area (Å²) in [5.41, 5.74) is 5.57. The van der Waals surface area contributed by atoms with Crippen molar-refractivity contribution in [3.8, 4) is 0 Å². The topological polar surface area (TPSA) is 32.5 Å². The van der Waals surface area contributed by atoms with E-state index in [0.29, 0.717) is 0 Å². The molecule has 0 aliphatic carbocycles. The Morgan fingerprint density at radius 3 is 2.42 bits per heavy atom. The lowest BCUT2D eigenvalue weighted by molar-refractivity contribution is 0.134. The molecule has 1 aliphatic rings. The van der Waals surface area contributed by atoms with E-state index in [1.165, 1.54) is 25.9 Å². The normalized spacial score (nSPS) is 22.0. The van der Waals surface area contributed by atoms with E-state index in [1.807, 2.05) is 0 Å². The highest BCUT2D eigenvalue weighted by Crippen LogP contribution is 2.13. The average Bonchev–Trinajstić information content (AvgIpc) is 2.17. The zero-order chi connectivity index (χ0) is 8.97. The molecule has 1 heterocycles. The van der Waals surface area contributed by atoms with Gasteiger partial charge in [-0.25, -0.2) is 0 Å². The largest absolute Gasteiger partial charge is 0.318 e. The first kappa shape index (κ1) is 9.96. The first-order chi connectivity index (χ1) is 5.77. The fourth-order valence-corrected chi connectivity index (χ4v) is 1.80. The molecule has 1 fully saturated rings. The number of rotatable bonds is 3. The van der Waals surface area contributed by atoms with E-state index in [1.54, 1.807) is 0 Å². The van der Waals surface area contributed by atoms with E-state index in [9.17, 15) is 0 Å². The molecule has 0 saturated carbocycles. The lowest BCUT2D eigenvalue weighted by atomic mass is 10.0. The quantitative estimate of drug-likeness (QED) is 0.664. The summed E-state index contributed by atoms with van der Waals surface area (Å²) in [6.07, 6.45) is 2.56. The molecule has 0 aromatic heterocycles. The van der Waals surface area contributed by atoms with Gasteiger partial charge in [-0.1, -0.05) is 6.92 Å². The Balaban J connectivity index is 2.25. The van der Waals surface area contributed by atoms with Crippen LogP contribution in [0.4, 0.5) is 0 Å². The van der Waals surface area contributed by atoms with E-state index in [2.05, 4.69) is 23.8 Å². The molecule has 3 nitrogen and oxygen atoms in total. The molecule has 2 N–H and O–H groups in total. The van der Waals surface area contributed by atoms with Crippen LogP contribution in [-0.4, -0.2) is 49.2 Å². The van der Waals surface area contributed by atoms with Crippen LogP contribution >= 0.6 is 0 Å². The van der Waals surface area contributed by atoms with Crippen molar-refractivity contribution in [2.45, 2.75) is 25.8 Å². The Morgan fingerprint density at radius 1 is 1.42 bits per heavy atom. The minimum Gasteiger partial charge on any atom is -0.318 e. The van der Waals surface area contributed by atoms with Gasteiger partial charge in [0.2, 0.25) is 0 Å². The zero-order valence-electron chi connectivity index (χ0n) is 8.29. The van der Waals surface area contributed by atoms with E-state index in [0.717, 1.165) is 19.3 Å². The summed E-state index contributed by atoms with van der Waals surface area (Å²) in [4.78, 5) is 4.76. The maximum Gasteiger partial charge on any atom is 0.0455 e. The number of piperidine rings is 1. The highest BCUT2D eigenvalue weighted by molar-refractivity contribution is 4.76. The highest BCUT2D eigenvalue weighted by Gasteiger charge is 2.20. The van der Waals surface area contributed by atoms with Crippen LogP contribution in [0.2, 0.25) is 0 Å². The maximum atomic E-state index is 5.57. The van der Waals surface area contributed by atoms with Gasteiger partial charge >= 0.3 is 0 Å². The predicted molar refractivity (Wildman–Crippen MR) is 52.0 cm³/mol. The average molecular weight is 171 g/mol. The third-order valence-electron chi connectivity index (χ3n) is 2.94. The van der Waals surface area contributed by atoms with Crippen molar-refractivity contribution in [3.05, 3.63) is 0 Å². The summed E-state index contributed by atoms with van der Waals surface area (Å²) >= 11 is 0. The molecule has 3 heteroatoms. The van der Waals surface area contributed by atoms with Crippen LogP contribution in [0.25, 0.3) is 0 Å². The van der Waals surface area contributed by atoms with Crippen molar-refractivity contribution in [1.29, 1.82) is 0 Å². The van der Waals surface area contributed by atoms with Gasteiger partial charge in [-0.15, -0.1) is 0 Å². The molecule has 0 unspecified atom stereocenters. The molecular weight excluding hydrogens is 150 g/mol. The van der Waals surface area contributed by atoms with Crippen molar-refractivity contribution in [2.24, 2.45) is 5.73 Å². The van der Waals surface area contributed by atoms with Gasteiger partial charge in [-0.05, 0) is 26.4 Å². The third-order valence-corrected chi connectivity index (χ3v) is 2.94. The van der Waals surface area contributed by atoms with Gasteiger partial charge in [-0.3, -0.25) is 4.90 Å². The molecule has 0 amide bonds. The fraction of sp³-hybridized carbons (Fsp3) is 1.00. The summed E-state index contributed by atoms with van der Waals surface area (Å²) in [7, 11) is 2.21. The SMILES string of the molecule is CCN(C)C1CCN(CN)CC1. The standard InChI is InChI=1S/C9H21N3/c1-3-11(2)9-4-6-12(8-10)7-5-9/h9H,3-8,10H2,1-2H3. The second-order valence-electron chi connectivity index (χ2n) is 3.61. The van der Waals surface area contributed by atoms with Gasteiger partial charge in [0.15, 0.2) is 0 Å². The Labute approximate surface area is 75.5 Å². The fourth-order valence-electron chi connectivity index (χ4n) is 1.80. The maximum absolute atomic E-state index is 5.57. The van der Waals surface area contributed by atoms with Crippen LogP contribution < -0.4 is 5.73 Å². The minimum atomic E-state index is 0.725. The molecule has 1 aliphatic heterocycles. The van der Waals surface area contributed by atoms with Crippen LogP contribution in [0.5, 0.6) is 0 Å². The highest BCUT2D eigenvalue weighted by atomic mass is 15.2.